The van der Waals surface area contributed by atoms with Gasteiger partial charge in [0, 0.05) is 61.3 Å². The van der Waals surface area contributed by atoms with E-state index in [1.807, 2.05) is 35.2 Å². The summed E-state index contributed by atoms with van der Waals surface area (Å²) >= 11 is 1.46. The van der Waals surface area contributed by atoms with Gasteiger partial charge in [0.25, 0.3) is 11.1 Å². The van der Waals surface area contributed by atoms with E-state index >= 15 is 0 Å². The van der Waals surface area contributed by atoms with E-state index in [-0.39, 0.29) is 11.9 Å². The summed E-state index contributed by atoms with van der Waals surface area (Å²) in [5.41, 5.74) is 2.93. The summed E-state index contributed by atoms with van der Waals surface area (Å²) in [5, 5.41) is 1.59. The Bertz CT molecular complexity index is 1490. The molecule has 6 rings (SSSR count). The van der Waals surface area contributed by atoms with Crippen LogP contribution in [0.25, 0.3) is 21.3 Å². The number of thiazole rings is 1. The molecule has 0 aliphatic carbocycles. The Morgan fingerprint density at radius 1 is 1.25 bits per heavy atom. The first-order valence-corrected chi connectivity index (χ1v) is 12.6. The smallest absolute Gasteiger partial charge is 0.281 e. The molecule has 1 fully saturated rings. The lowest BCUT2D eigenvalue weighted by Gasteiger charge is -2.28. The highest BCUT2D eigenvalue weighted by Gasteiger charge is 2.31. The van der Waals surface area contributed by atoms with Crippen LogP contribution in [0.3, 0.4) is 0 Å². The number of fused-ring (bicyclic) bond motifs is 2. The summed E-state index contributed by atoms with van der Waals surface area (Å²) in [5.74, 6) is 0.615. The molecule has 10 heteroatoms. The van der Waals surface area contributed by atoms with Crippen LogP contribution in [0.1, 0.15) is 28.9 Å². The van der Waals surface area contributed by atoms with Gasteiger partial charge in [0.05, 0.1) is 17.2 Å². The normalized spacial score (nSPS) is 15.8. The second kappa shape index (κ2) is 9.63. The largest absolute Gasteiger partial charge is 0.464 e. The molecule has 1 aliphatic rings. The maximum absolute atomic E-state index is 12.9. The molecule has 1 atom stereocenters. The SMILES string of the molecule is CN(Cc1coc2cc(Oc3nc4ncccc4s3)ccc12)CC1CCCN1C(=O)c1cnccn1. The van der Waals surface area contributed by atoms with Crippen molar-refractivity contribution < 1.29 is 13.9 Å². The van der Waals surface area contributed by atoms with Crippen LogP contribution < -0.4 is 4.74 Å². The lowest BCUT2D eigenvalue weighted by molar-refractivity contribution is 0.0701. The van der Waals surface area contributed by atoms with Crippen molar-refractivity contribution in [1.82, 2.24) is 29.7 Å². The maximum atomic E-state index is 12.9. The topological polar surface area (TPSA) is 97.5 Å². The van der Waals surface area contributed by atoms with E-state index in [0.717, 1.165) is 47.2 Å². The number of hydrogen-bond donors (Lipinski definition) is 0. The van der Waals surface area contributed by atoms with Crippen molar-refractivity contribution in [3.8, 4) is 10.9 Å². The van der Waals surface area contributed by atoms with Gasteiger partial charge in [-0.25, -0.2) is 9.97 Å². The van der Waals surface area contributed by atoms with Gasteiger partial charge in [-0.05, 0) is 44.2 Å². The molecule has 182 valence electrons. The third-order valence-corrected chi connectivity index (χ3v) is 7.25. The van der Waals surface area contributed by atoms with Crippen LogP contribution in [-0.2, 0) is 6.54 Å². The highest BCUT2D eigenvalue weighted by atomic mass is 32.1. The molecular formula is C26H24N6O3S. The minimum atomic E-state index is -0.0517. The summed E-state index contributed by atoms with van der Waals surface area (Å²) in [4.78, 5) is 34.0. The average Bonchev–Trinajstić information content (AvgIpc) is 3.62. The standard InChI is InChI=1S/C26H24N6O3S/c1-31(15-18-4-3-11-32(18)25(33)21-13-27-9-10-28-21)14-17-16-34-22-12-19(6-7-20(17)22)35-26-30-24-23(36-26)5-2-8-29-24/h2,5-10,12-13,16,18H,3-4,11,14-15H2,1H3. The monoisotopic (exact) mass is 500 g/mol. The van der Waals surface area contributed by atoms with Crippen LogP contribution >= 0.6 is 11.3 Å². The number of hydrogen-bond acceptors (Lipinski definition) is 9. The number of carbonyl (C=O) groups is 1. The maximum Gasteiger partial charge on any atom is 0.281 e. The number of benzene rings is 1. The van der Waals surface area contributed by atoms with E-state index in [4.69, 9.17) is 9.15 Å². The molecule has 0 bridgehead atoms. The fourth-order valence-corrected chi connectivity index (χ4v) is 5.50. The van der Waals surface area contributed by atoms with Crippen molar-refractivity contribution in [3.05, 3.63) is 72.6 Å². The fraction of sp³-hybridized carbons (Fsp3) is 0.269. The van der Waals surface area contributed by atoms with Crippen LogP contribution in [0.4, 0.5) is 0 Å². The van der Waals surface area contributed by atoms with Crippen LogP contribution in [0.15, 0.2) is 65.8 Å². The van der Waals surface area contributed by atoms with Crippen molar-refractivity contribution >= 4 is 38.6 Å². The van der Waals surface area contributed by atoms with Crippen molar-refractivity contribution in [1.29, 1.82) is 0 Å². The molecular weight excluding hydrogens is 476 g/mol. The Labute approximate surface area is 211 Å². The summed E-state index contributed by atoms with van der Waals surface area (Å²) in [6, 6.07) is 9.84. The number of aromatic nitrogens is 4. The van der Waals surface area contributed by atoms with Gasteiger partial charge >= 0.3 is 0 Å². The van der Waals surface area contributed by atoms with E-state index in [0.29, 0.717) is 28.8 Å². The van der Waals surface area contributed by atoms with E-state index in [1.54, 1.807) is 24.9 Å². The second-order valence-corrected chi connectivity index (χ2v) is 9.90. The number of furan rings is 1. The molecule has 9 nitrogen and oxygen atoms in total. The highest BCUT2D eigenvalue weighted by Crippen LogP contribution is 2.33. The molecule has 0 spiro atoms. The summed E-state index contributed by atoms with van der Waals surface area (Å²) in [6.45, 7) is 2.22. The zero-order chi connectivity index (χ0) is 24.5. The summed E-state index contributed by atoms with van der Waals surface area (Å²) < 4.78 is 12.8. The molecule has 4 aromatic heterocycles. The predicted molar refractivity (Wildman–Crippen MR) is 136 cm³/mol. The first-order chi connectivity index (χ1) is 17.6. The van der Waals surface area contributed by atoms with Crippen molar-refractivity contribution in [2.45, 2.75) is 25.4 Å². The van der Waals surface area contributed by atoms with Crippen LogP contribution in [0, 0.1) is 0 Å². The number of likely N-dealkylation sites (N-methyl/N-ethyl adjacent to an activating group) is 1. The second-order valence-electron chi connectivity index (χ2n) is 8.91. The fourth-order valence-electron chi connectivity index (χ4n) is 4.71. The van der Waals surface area contributed by atoms with Crippen molar-refractivity contribution in [2.75, 3.05) is 20.1 Å². The first-order valence-electron chi connectivity index (χ1n) is 11.8. The van der Waals surface area contributed by atoms with Gasteiger partial charge in [-0.2, -0.15) is 4.98 Å². The molecule has 0 radical (unpaired) electrons. The Morgan fingerprint density at radius 2 is 2.19 bits per heavy atom. The Balaban J connectivity index is 1.12. The van der Waals surface area contributed by atoms with Gasteiger partial charge in [-0.3, -0.25) is 14.7 Å². The van der Waals surface area contributed by atoms with Gasteiger partial charge in [-0.1, -0.05) is 11.3 Å². The lowest BCUT2D eigenvalue weighted by Crippen LogP contribution is -2.42. The Hall–Kier alpha value is -3.89. The molecule has 1 aromatic carbocycles. The number of nitrogens with zero attached hydrogens (tertiary/aromatic N) is 6. The Morgan fingerprint density at radius 3 is 3.06 bits per heavy atom. The number of pyridine rings is 1. The van der Waals surface area contributed by atoms with E-state index in [2.05, 4.69) is 31.9 Å². The molecule has 1 unspecified atom stereocenters. The van der Waals surface area contributed by atoms with Crippen molar-refractivity contribution in [2.24, 2.45) is 0 Å². The third kappa shape index (κ3) is 4.52. The molecule has 1 aliphatic heterocycles. The minimum Gasteiger partial charge on any atom is -0.464 e. The molecule has 36 heavy (non-hydrogen) atoms. The van der Waals surface area contributed by atoms with Gasteiger partial charge in [0.15, 0.2) is 5.65 Å². The van der Waals surface area contributed by atoms with E-state index in [9.17, 15) is 4.79 Å². The van der Waals surface area contributed by atoms with Gasteiger partial charge in [-0.15, -0.1) is 0 Å². The molecule has 5 aromatic rings. The number of rotatable bonds is 7. The molecule has 0 N–H and O–H groups in total. The first kappa shape index (κ1) is 22.6. The van der Waals surface area contributed by atoms with Gasteiger partial charge < -0.3 is 14.1 Å². The number of amides is 1. The number of ether oxygens (including phenoxy) is 1. The zero-order valence-corrected chi connectivity index (χ0v) is 20.5. The summed E-state index contributed by atoms with van der Waals surface area (Å²) in [7, 11) is 2.07. The molecule has 0 saturated carbocycles. The lowest BCUT2D eigenvalue weighted by atomic mass is 10.1. The average molecular weight is 501 g/mol. The Kier molecular flexibility index (Phi) is 6.04. The van der Waals surface area contributed by atoms with Crippen LogP contribution in [-0.4, -0.2) is 61.8 Å². The van der Waals surface area contributed by atoms with Crippen LogP contribution in [0.5, 0.6) is 10.9 Å². The molecule has 1 amide bonds. The van der Waals surface area contributed by atoms with Crippen molar-refractivity contribution in [3.63, 3.8) is 0 Å². The molecule has 5 heterocycles. The highest BCUT2D eigenvalue weighted by molar-refractivity contribution is 7.20. The predicted octanol–water partition coefficient (Wildman–Crippen LogP) is 4.76. The van der Waals surface area contributed by atoms with Gasteiger partial charge in [0.2, 0.25) is 0 Å². The summed E-state index contributed by atoms with van der Waals surface area (Å²) in [6.07, 6.45) is 10.2. The third-order valence-electron chi connectivity index (χ3n) is 6.36. The zero-order valence-electron chi connectivity index (χ0n) is 19.7. The minimum absolute atomic E-state index is 0.0517. The number of carbonyl (C=O) groups excluding carboxylic acids is 1. The van der Waals surface area contributed by atoms with Gasteiger partial charge in [0.1, 0.15) is 17.0 Å². The van der Waals surface area contributed by atoms with E-state index < -0.39 is 0 Å². The van der Waals surface area contributed by atoms with E-state index in [1.165, 1.54) is 17.5 Å². The molecule has 1 saturated heterocycles. The number of likely N-dealkylation sites (tertiary alicyclic amines) is 1. The quantitative estimate of drug-likeness (QED) is 0.316. The van der Waals surface area contributed by atoms with Crippen LogP contribution in [0.2, 0.25) is 0 Å².